The molecule has 1 aromatic heterocycles. The van der Waals surface area contributed by atoms with Crippen molar-refractivity contribution in [3.05, 3.63) is 56.2 Å². The fourth-order valence-electron chi connectivity index (χ4n) is 1.61. The number of halogens is 3. The van der Waals surface area contributed by atoms with Crippen LogP contribution in [0, 0.1) is 11.6 Å². The van der Waals surface area contributed by atoms with Crippen LogP contribution in [0.25, 0.3) is 0 Å². The average molecular weight is 318 g/mol. The second-order valence-corrected chi connectivity index (χ2v) is 6.22. The number of hydrogen-bond acceptors (Lipinski definition) is 2. The minimum absolute atomic E-state index is 0.243. The maximum absolute atomic E-state index is 13.0. The van der Waals surface area contributed by atoms with Crippen LogP contribution >= 0.6 is 27.3 Å². The van der Waals surface area contributed by atoms with E-state index in [1.165, 1.54) is 23.5 Å². The molecule has 1 nitrogen and oxygen atoms in total. The van der Waals surface area contributed by atoms with Gasteiger partial charge in [-0.3, -0.25) is 0 Å². The van der Waals surface area contributed by atoms with Crippen molar-refractivity contribution in [1.82, 2.24) is 0 Å². The highest BCUT2D eigenvalue weighted by molar-refractivity contribution is 9.11. The number of benzene rings is 1. The van der Waals surface area contributed by atoms with Gasteiger partial charge in [0.2, 0.25) is 0 Å². The van der Waals surface area contributed by atoms with Crippen molar-refractivity contribution in [3.8, 4) is 0 Å². The second kappa shape index (κ2) is 5.25. The Hall–Kier alpha value is -0.780. The standard InChI is InChI=1S/C12H10BrF2NS/c13-12-2-1-11(17-12)10(16)5-7-3-8(14)6-9(15)4-7/h1-4,6,10H,5,16H2. The van der Waals surface area contributed by atoms with E-state index >= 15 is 0 Å². The molecule has 0 aliphatic heterocycles. The molecule has 90 valence electrons. The van der Waals surface area contributed by atoms with Crippen LogP contribution in [0.4, 0.5) is 8.78 Å². The van der Waals surface area contributed by atoms with Gasteiger partial charge in [-0.1, -0.05) is 0 Å². The lowest BCUT2D eigenvalue weighted by molar-refractivity contribution is 0.577. The van der Waals surface area contributed by atoms with Gasteiger partial charge in [-0.15, -0.1) is 11.3 Å². The van der Waals surface area contributed by atoms with Crippen LogP contribution in [0.1, 0.15) is 16.5 Å². The molecule has 0 fully saturated rings. The molecule has 2 N–H and O–H groups in total. The molecular formula is C12H10BrF2NS. The largest absolute Gasteiger partial charge is 0.323 e. The Balaban J connectivity index is 2.15. The average Bonchev–Trinajstić information content (AvgIpc) is 2.63. The third-order valence-electron chi connectivity index (χ3n) is 2.34. The quantitative estimate of drug-likeness (QED) is 0.908. The summed E-state index contributed by atoms with van der Waals surface area (Å²) >= 11 is 4.88. The number of hydrogen-bond donors (Lipinski definition) is 1. The molecule has 1 atom stereocenters. The van der Waals surface area contributed by atoms with Gasteiger partial charge < -0.3 is 5.73 Å². The van der Waals surface area contributed by atoms with Gasteiger partial charge in [-0.05, 0) is 52.2 Å². The van der Waals surface area contributed by atoms with Crippen molar-refractivity contribution in [2.24, 2.45) is 5.73 Å². The van der Waals surface area contributed by atoms with E-state index in [2.05, 4.69) is 15.9 Å². The van der Waals surface area contributed by atoms with Gasteiger partial charge in [-0.2, -0.15) is 0 Å². The first kappa shape index (κ1) is 12.7. The minimum atomic E-state index is -0.570. The molecule has 1 aromatic carbocycles. The minimum Gasteiger partial charge on any atom is -0.323 e. The smallest absolute Gasteiger partial charge is 0.126 e. The molecule has 0 aliphatic rings. The van der Waals surface area contributed by atoms with Crippen molar-refractivity contribution in [2.45, 2.75) is 12.5 Å². The third-order valence-corrected chi connectivity index (χ3v) is 4.09. The van der Waals surface area contributed by atoms with Crippen LogP contribution in [-0.2, 0) is 6.42 Å². The highest BCUT2D eigenvalue weighted by Gasteiger charge is 2.11. The SMILES string of the molecule is NC(Cc1cc(F)cc(F)c1)c1ccc(Br)s1. The Labute approximate surface area is 110 Å². The maximum atomic E-state index is 13.0. The fourth-order valence-corrected chi connectivity index (χ4v) is 3.04. The lowest BCUT2D eigenvalue weighted by Crippen LogP contribution is -2.12. The molecule has 1 heterocycles. The number of rotatable bonds is 3. The fraction of sp³-hybridized carbons (Fsp3) is 0.167. The van der Waals surface area contributed by atoms with Crippen LogP contribution in [0.2, 0.25) is 0 Å². The Morgan fingerprint density at radius 3 is 2.35 bits per heavy atom. The molecule has 0 amide bonds. The predicted molar refractivity (Wildman–Crippen MR) is 69.0 cm³/mol. The van der Waals surface area contributed by atoms with Gasteiger partial charge in [-0.25, -0.2) is 8.78 Å². The summed E-state index contributed by atoms with van der Waals surface area (Å²) in [6.07, 6.45) is 0.418. The molecule has 0 saturated carbocycles. The maximum Gasteiger partial charge on any atom is 0.126 e. The first-order chi connectivity index (χ1) is 8.04. The zero-order valence-corrected chi connectivity index (χ0v) is 11.2. The van der Waals surface area contributed by atoms with E-state index in [4.69, 9.17) is 5.73 Å². The van der Waals surface area contributed by atoms with E-state index in [0.29, 0.717) is 12.0 Å². The topological polar surface area (TPSA) is 26.0 Å². The summed E-state index contributed by atoms with van der Waals surface area (Å²) in [6, 6.07) is 7.06. The van der Waals surface area contributed by atoms with Crippen molar-refractivity contribution in [3.63, 3.8) is 0 Å². The summed E-state index contributed by atoms with van der Waals surface area (Å²) in [5.41, 5.74) is 6.55. The molecule has 5 heteroatoms. The second-order valence-electron chi connectivity index (χ2n) is 3.73. The van der Waals surface area contributed by atoms with Gasteiger partial charge in [0.25, 0.3) is 0 Å². The molecule has 1 unspecified atom stereocenters. The van der Waals surface area contributed by atoms with Crippen molar-refractivity contribution >= 4 is 27.3 Å². The molecule has 17 heavy (non-hydrogen) atoms. The van der Waals surface area contributed by atoms with E-state index in [1.807, 2.05) is 12.1 Å². The number of nitrogens with two attached hydrogens (primary N) is 1. The Bertz CT molecular complexity index is 507. The van der Waals surface area contributed by atoms with Crippen LogP contribution in [0.3, 0.4) is 0 Å². The monoisotopic (exact) mass is 317 g/mol. The molecule has 2 rings (SSSR count). The lowest BCUT2D eigenvalue weighted by atomic mass is 10.1. The summed E-state index contributed by atoms with van der Waals surface area (Å²) in [5, 5.41) is 0. The summed E-state index contributed by atoms with van der Waals surface area (Å²) in [6.45, 7) is 0. The Morgan fingerprint density at radius 2 is 1.82 bits per heavy atom. The first-order valence-corrected chi connectivity index (χ1v) is 6.61. The molecule has 0 radical (unpaired) electrons. The van der Waals surface area contributed by atoms with Gasteiger partial charge in [0.1, 0.15) is 11.6 Å². The van der Waals surface area contributed by atoms with E-state index in [9.17, 15) is 8.78 Å². The highest BCUT2D eigenvalue weighted by Crippen LogP contribution is 2.28. The van der Waals surface area contributed by atoms with E-state index in [-0.39, 0.29) is 6.04 Å². The van der Waals surface area contributed by atoms with Crippen molar-refractivity contribution in [2.75, 3.05) is 0 Å². The molecule has 0 aliphatic carbocycles. The van der Waals surface area contributed by atoms with E-state index < -0.39 is 11.6 Å². The van der Waals surface area contributed by atoms with Gasteiger partial charge >= 0.3 is 0 Å². The molecule has 2 aromatic rings. The molecule has 0 saturated heterocycles. The summed E-state index contributed by atoms with van der Waals surface area (Å²) in [4.78, 5) is 0.988. The van der Waals surface area contributed by atoms with E-state index in [1.54, 1.807) is 0 Å². The van der Waals surface area contributed by atoms with Crippen molar-refractivity contribution < 1.29 is 8.78 Å². The highest BCUT2D eigenvalue weighted by atomic mass is 79.9. The lowest BCUT2D eigenvalue weighted by Gasteiger charge is -2.09. The van der Waals surface area contributed by atoms with Gasteiger partial charge in [0, 0.05) is 17.0 Å². The van der Waals surface area contributed by atoms with Gasteiger partial charge in [0.05, 0.1) is 3.79 Å². The summed E-state index contributed by atoms with van der Waals surface area (Å²) in [5.74, 6) is -1.14. The predicted octanol–water partition coefficient (Wildman–Crippen LogP) is 4.03. The summed E-state index contributed by atoms with van der Waals surface area (Å²) < 4.78 is 27.0. The number of thiophene rings is 1. The first-order valence-electron chi connectivity index (χ1n) is 5.00. The molecular weight excluding hydrogens is 308 g/mol. The van der Waals surface area contributed by atoms with Crippen LogP contribution in [0.15, 0.2) is 34.1 Å². The molecule has 0 spiro atoms. The Morgan fingerprint density at radius 1 is 1.18 bits per heavy atom. The van der Waals surface area contributed by atoms with Crippen molar-refractivity contribution in [1.29, 1.82) is 0 Å². The molecule has 0 bridgehead atoms. The van der Waals surface area contributed by atoms with Crippen LogP contribution in [-0.4, -0.2) is 0 Å². The van der Waals surface area contributed by atoms with Crippen LogP contribution < -0.4 is 5.73 Å². The van der Waals surface area contributed by atoms with E-state index in [0.717, 1.165) is 14.7 Å². The van der Waals surface area contributed by atoms with Crippen LogP contribution in [0.5, 0.6) is 0 Å². The van der Waals surface area contributed by atoms with Gasteiger partial charge in [0.15, 0.2) is 0 Å². The normalized spacial score (nSPS) is 12.7. The zero-order valence-electron chi connectivity index (χ0n) is 8.79. The zero-order chi connectivity index (χ0) is 12.4. The Kier molecular flexibility index (Phi) is 3.91. The third kappa shape index (κ3) is 3.34. The summed E-state index contributed by atoms with van der Waals surface area (Å²) in [7, 11) is 0.